The van der Waals surface area contributed by atoms with Crippen molar-refractivity contribution in [3.05, 3.63) is 64.7 Å². The van der Waals surface area contributed by atoms with Gasteiger partial charge in [-0.2, -0.15) is 0 Å². The van der Waals surface area contributed by atoms with Crippen molar-refractivity contribution in [1.82, 2.24) is 0 Å². The Morgan fingerprint density at radius 2 is 1.88 bits per heavy atom. The molecular formula is C22H25ClN2S. The van der Waals surface area contributed by atoms with E-state index in [2.05, 4.69) is 85.7 Å². The molecular weight excluding hydrogens is 360 g/mol. The minimum Gasteiger partial charge on any atom is -0.378 e. The van der Waals surface area contributed by atoms with Crippen LogP contribution in [0.25, 0.3) is 6.08 Å². The molecule has 2 aromatic rings. The highest BCUT2D eigenvalue weighted by Crippen LogP contribution is 2.56. The van der Waals surface area contributed by atoms with Crippen LogP contribution in [0.5, 0.6) is 0 Å². The van der Waals surface area contributed by atoms with Crippen LogP contribution in [0, 0.1) is 5.41 Å². The molecule has 1 saturated heterocycles. The summed E-state index contributed by atoms with van der Waals surface area (Å²) in [5, 5.41) is 1.36. The lowest BCUT2D eigenvalue weighted by Crippen LogP contribution is -2.36. The second-order valence-electron chi connectivity index (χ2n) is 7.98. The average Bonchev–Trinajstić information content (AvgIpc) is 3.10. The van der Waals surface area contributed by atoms with Crippen LogP contribution < -0.4 is 9.21 Å². The lowest BCUT2D eigenvalue weighted by molar-refractivity contribution is 0.329. The van der Waals surface area contributed by atoms with Crippen LogP contribution in [0.15, 0.2) is 48.5 Å². The molecule has 2 aliphatic rings. The van der Waals surface area contributed by atoms with E-state index in [0.29, 0.717) is 11.3 Å². The monoisotopic (exact) mass is 384 g/mol. The third-order valence-electron chi connectivity index (χ3n) is 5.70. The molecule has 2 heterocycles. The van der Waals surface area contributed by atoms with Crippen molar-refractivity contribution >= 4 is 41.0 Å². The van der Waals surface area contributed by atoms with Gasteiger partial charge in [0.05, 0.1) is 17.0 Å². The van der Waals surface area contributed by atoms with Gasteiger partial charge < -0.3 is 9.21 Å². The summed E-state index contributed by atoms with van der Waals surface area (Å²) in [4.78, 5) is 2.13. The highest BCUT2D eigenvalue weighted by Gasteiger charge is 2.51. The molecule has 0 spiro atoms. The Morgan fingerprint density at radius 1 is 1.15 bits per heavy atom. The minimum atomic E-state index is 0.188. The van der Waals surface area contributed by atoms with E-state index in [0.717, 1.165) is 11.4 Å². The summed E-state index contributed by atoms with van der Waals surface area (Å²) in [6, 6.07) is 15.5. The van der Waals surface area contributed by atoms with E-state index in [9.17, 15) is 0 Å². The summed E-state index contributed by atoms with van der Waals surface area (Å²) in [5.41, 5.74) is 5.27. The zero-order valence-corrected chi connectivity index (χ0v) is 17.3. The maximum atomic E-state index is 6.43. The number of anilines is 2. The van der Waals surface area contributed by atoms with Crippen molar-refractivity contribution < 1.29 is 0 Å². The van der Waals surface area contributed by atoms with E-state index >= 15 is 0 Å². The third-order valence-corrected chi connectivity index (χ3v) is 7.73. The Kier molecular flexibility index (Phi) is 4.48. The van der Waals surface area contributed by atoms with E-state index in [-0.39, 0.29) is 5.41 Å². The average molecular weight is 385 g/mol. The zero-order chi connectivity index (χ0) is 18.5. The molecule has 0 radical (unpaired) electrons. The summed E-state index contributed by atoms with van der Waals surface area (Å²) in [5.74, 6) is 0. The van der Waals surface area contributed by atoms with Crippen molar-refractivity contribution in [2.75, 3.05) is 23.3 Å². The fourth-order valence-electron chi connectivity index (χ4n) is 3.91. The van der Waals surface area contributed by atoms with Gasteiger partial charge in [0.1, 0.15) is 0 Å². The predicted molar refractivity (Wildman–Crippen MR) is 116 cm³/mol. The second-order valence-corrected chi connectivity index (χ2v) is 9.49. The standard InChI is InChI=1S/C22H25ClN2S/c1-22(2)20-14-17-18(23)6-5-7-19(17)25(20)26-21(22)13-10-15-8-11-16(12-9-15)24(3)4/h5-13,20-21H,14H2,1-4H3. The molecule has 2 aliphatic heterocycles. The molecule has 0 aromatic heterocycles. The molecule has 0 saturated carbocycles. The Labute approximate surface area is 166 Å². The SMILES string of the molecule is CN(C)c1ccc(C=CC2SN3c4cccc(Cl)c4CC3C2(C)C)cc1. The molecule has 4 heteroatoms. The first-order valence-electron chi connectivity index (χ1n) is 9.07. The first-order valence-corrected chi connectivity index (χ1v) is 10.3. The Balaban J connectivity index is 1.56. The third kappa shape index (κ3) is 2.91. The molecule has 136 valence electrons. The molecule has 1 fully saturated rings. The Morgan fingerprint density at radius 3 is 2.58 bits per heavy atom. The van der Waals surface area contributed by atoms with Gasteiger partial charge in [-0.3, -0.25) is 0 Å². The van der Waals surface area contributed by atoms with Crippen LogP contribution in [0.2, 0.25) is 5.02 Å². The molecule has 26 heavy (non-hydrogen) atoms. The highest BCUT2D eigenvalue weighted by molar-refractivity contribution is 8.01. The molecule has 0 aliphatic carbocycles. The van der Waals surface area contributed by atoms with Crippen molar-refractivity contribution in [2.45, 2.75) is 31.6 Å². The first-order chi connectivity index (χ1) is 12.4. The number of benzene rings is 2. The minimum absolute atomic E-state index is 0.188. The number of rotatable bonds is 3. The predicted octanol–water partition coefficient (Wildman–Crippen LogP) is 5.91. The normalized spacial score (nSPS) is 23.3. The van der Waals surface area contributed by atoms with Gasteiger partial charge in [-0.25, -0.2) is 0 Å². The topological polar surface area (TPSA) is 6.48 Å². The summed E-state index contributed by atoms with van der Waals surface area (Å²) in [6.45, 7) is 4.77. The molecule has 0 bridgehead atoms. The Bertz CT molecular complexity index is 842. The number of halogens is 1. The number of fused-ring (bicyclic) bond motifs is 3. The van der Waals surface area contributed by atoms with Gasteiger partial charge in [-0.1, -0.05) is 55.8 Å². The van der Waals surface area contributed by atoms with Gasteiger partial charge in [-0.05, 0) is 53.8 Å². The maximum Gasteiger partial charge on any atom is 0.0521 e. The lowest BCUT2D eigenvalue weighted by Gasteiger charge is -2.28. The zero-order valence-electron chi connectivity index (χ0n) is 15.7. The fourth-order valence-corrected chi connectivity index (χ4v) is 5.76. The fraction of sp³-hybridized carbons (Fsp3) is 0.364. The summed E-state index contributed by atoms with van der Waals surface area (Å²) in [6.07, 6.45) is 5.68. The van der Waals surface area contributed by atoms with E-state index in [4.69, 9.17) is 11.6 Å². The smallest absolute Gasteiger partial charge is 0.0521 e. The van der Waals surface area contributed by atoms with Crippen molar-refractivity contribution in [3.63, 3.8) is 0 Å². The largest absolute Gasteiger partial charge is 0.378 e. The highest BCUT2D eigenvalue weighted by atomic mass is 35.5. The van der Waals surface area contributed by atoms with Gasteiger partial charge >= 0.3 is 0 Å². The maximum absolute atomic E-state index is 6.43. The van der Waals surface area contributed by atoms with E-state index in [1.165, 1.54) is 22.5 Å². The lowest BCUT2D eigenvalue weighted by atomic mass is 9.79. The summed E-state index contributed by atoms with van der Waals surface area (Å²) >= 11 is 8.38. The van der Waals surface area contributed by atoms with Crippen molar-refractivity contribution in [3.8, 4) is 0 Å². The number of hydrogen-bond acceptors (Lipinski definition) is 3. The molecule has 2 unspecified atom stereocenters. The number of hydrogen-bond donors (Lipinski definition) is 0. The van der Waals surface area contributed by atoms with Crippen LogP contribution in [-0.4, -0.2) is 25.4 Å². The molecule has 2 aromatic carbocycles. The first kappa shape index (κ1) is 17.8. The van der Waals surface area contributed by atoms with Gasteiger partial charge in [0.15, 0.2) is 0 Å². The van der Waals surface area contributed by atoms with Gasteiger partial charge in [-0.15, -0.1) is 0 Å². The van der Waals surface area contributed by atoms with Crippen LogP contribution in [0.3, 0.4) is 0 Å². The van der Waals surface area contributed by atoms with Crippen LogP contribution >= 0.6 is 23.5 Å². The van der Waals surface area contributed by atoms with Crippen molar-refractivity contribution in [1.29, 1.82) is 0 Å². The van der Waals surface area contributed by atoms with Crippen LogP contribution in [0.4, 0.5) is 11.4 Å². The Hall–Kier alpha value is -1.58. The molecule has 0 N–H and O–H groups in total. The van der Waals surface area contributed by atoms with Crippen LogP contribution in [0.1, 0.15) is 25.0 Å². The van der Waals surface area contributed by atoms with E-state index in [1.807, 2.05) is 18.0 Å². The van der Waals surface area contributed by atoms with Gasteiger partial charge in [0.25, 0.3) is 0 Å². The molecule has 0 amide bonds. The quantitative estimate of drug-likeness (QED) is 0.607. The van der Waals surface area contributed by atoms with E-state index in [1.54, 1.807) is 0 Å². The molecule has 2 atom stereocenters. The molecule has 4 rings (SSSR count). The van der Waals surface area contributed by atoms with Crippen LogP contribution in [-0.2, 0) is 6.42 Å². The van der Waals surface area contributed by atoms with Gasteiger partial charge in [0.2, 0.25) is 0 Å². The van der Waals surface area contributed by atoms with Gasteiger partial charge in [0, 0.05) is 30.2 Å². The van der Waals surface area contributed by atoms with E-state index < -0.39 is 0 Å². The van der Waals surface area contributed by atoms with Crippen molar-refractivity contribution in [2.24, 2.45) is 5.41 Å². The second kappa shape index (κ2) is 6.54. The molecule has 2 nitrogen and oxygen atoms in total. The summed E-state index contributed by atoms with van der Waals surface area (Å²) in [7, 11) is 4.14. The number of nitrogens with zero attached hydrogens (tertiary/aromatic N) is 2. The summed E-state index contributed by atoms with van der Waals surface area (Å²) < 4.78 is 2.49.